The Morgan fingerprint density at radius 3 is 2.50 bits per heavy atom. The second-order valence-corrected chi connectivity index (χ2v) is 5.02. The summed E-state index contributed by atoms with van der Waals surface area (Å²) in [5, 5.41) is 12.5. The van der Waals surface area contributed by atoms with Gasteiger partial charge in [-0.1, -0.05) is 0 Å². The summed E-state index contributed by atoms with van der Waals surface area (Å²) < 4.78 is 5.04. The molecule has 0 saturated heterocycles. The Bertz CT molecular complexity index is 212. The number of rotatable bonds is 6. The topological polar surface area (TPSA) is 84.6 Å². The van der Waals surface area contributed by atoms with E-state index in [-0.39, 0.29) is 6.04 Å². The zero-order valence-electron chi connectivity index (χ0n) is 10.6. The predicted octanol–water partition coefficient (Wildman–Crippen LogP) is 0.0159. The molecule has 16 heavy (non-hydrogen) atoms. The van der Waals surface area contributed by atoms with Crippen LogP contribution in [0.5, 0.6) is 0 Å². The fourth-order valence-corrected chi connectivity index (χ4v) is 1.06. The maximum absolute atomic E-state index is 11.4. The van der Waals surface area contributed by atoms with Gasteiger partial charge in [0.25, 0.3) is 0 Å². The number of carbonyl (C=O) groups is 1. The zero-order valence-corrected chi connectivity index (χ0v) is 10.6. The molecule has 0 saturated carbocycles. The van der Waals surface area contributed by atoms with Gasteiger partial charge in [-0.15, -0.1) is 0 Å². The molecule has 1 unspecified atom stereocenters. The van der Waals surface area contributed by atoms with E-state index in [1.807, 2.05) is 6.92 Å². The molecule has 0 fully saturated rings. The van der Waals surface area contributed by atoms with Crippen LogP contribution < -0.4 is 11.1 Å². The Balaban J connectivity index is 3.72. The number of hydrogen-bond donors (Lipinski definition) is 3. The van der Waals surface area contributed by atoms with E-state index in [0.717, 1.165) is 0 Å². The summed E-state index contributed by atoms with van der Waals surface area (Å²) in [7, 11) is 0. The van der Waals surface area contributed by atoms with Crippen LogP contribution in [0.1, 0.15) is 34.1 Å². The van der Waals surface area contributed by atoms with Crippen LogP contribution in [0.15, 0.2) is 0 Å². The van der Waals surface area contributed by atoms with Crippen molar-refractivity contribution >= 4 is 5.97 Å². The van der Waals surface area contributed by atoms with Crippen molar-refractivity contribution in [2.24, 2.45) is 5.73 Å². The van der Waals surface area contributed by atoms with Crippen LogP contribution in [-0.2, 0) is 9.53 Å². The molecule has 0 heterocycles. The molecule has 5 heteroatoms. The molecule has 2 atom stereocenters. The summed E-state index contributed by atoms with van der Waals surface area (Å²) in [6, 6.07) is 0.0682. The molecule has 0 radical (unpaired) electrons. The third-order valence-corrected chi connectivity index (χ3v) is 1.74. The maximum atomic E-state index is 11.4. The van der Waals surface area contributed by atoms with Crippen LogP contribution in [0.2, 0.25) is 0 Å². The third-order valence-electron chi connectivity index (χ3n) is 1.74. The number of nitrogens with two attached hydrogens (primary N) is 1. The first-order valence-corrected chi connectivity index (χ1v) is 5.59. The van der Waals surface area contributed by atoms with Gasteiger partial charge in [-0.05, 0) is 40.7 Å². The Labute approximate surface area is 97.3 Å². The van der Waals surface area contributed by atoms with E-state index >= 15 is 0 Å². The number of carbonyl (C=O) groups excluding carboxylic acids is 1. The van der Waals surface area contributed by atoms with Crippen LogP contribution in [0.3, 0.4) is 0 Å². The van der Waals surface area contributed by atoms with Crippen LogP contribution in [0.4, 0.5) is 0 Å². The van der Waals surface area contributed by atoms with Crippen LogP contribution in [-0.4, -0.2) is 41.9 Å². The number of hydrogen-bond acceptors (Lipinski definition) is 5. The van der Waals surface area contributed by atoms with Crippen LogP contribution >= 0.6 is 0 Å². The van der Waals surface area contributed by atoms with Crippen molar-refractivity contribution in [3.63, 3.8) is 0 Å². The zero-order chi connectivity index (χ0) is 12.8. The van der Waals surface area contributed by atoms with Gasteiger partial charge in [-0.2, -0.15) is 0 Å². The first kappa shape index (κ1) is 15.3. The Hall–Kier alpha value is -0.650. The van der Waals surface area contributed by atoms with Crippen molar-refractivity contribution in [1.29, 1.82) is 0 Å². The van der Waals surface area contributed by atoms with Crippen LogP contribution in [0.25, 0.3) is 0 Å². The van der Waals surface area contributed by atoms with E-state index in [1.165, 1.54) is 0 Å². The van der Waals surface area contributed by atoms with Gasteiger partial charge in [-0.3, -0.25) is 0 Å². The Kier molecular flexibility index (Phi) is 6.55. The largest absolute Gasteiger partial charge is 0.458 e. The average Bonchev–Trinajstić information content (AvgIpc) is 2.08. The second kappa shape index (κ2) is 6.83. The Morgan fingerprint density at radius 1 is 1.50 bits per heavy atom. The van der Waals surface area contributed by atoms with Gasteiger partial charge < -0.3 is 20.9 Å². The molecule has 4 N–H and O–H groups in total. The van der Waals surface area contributed by atoms with Gasteiger partial charge in [0.15, 0.2) is 6.10 Å². The number of ether oxygens (including phenoxy) is 1. The van der Waals surface area contributed by atoms with Gasteiger partial charge in [-0.25, -0.2) is 4.79 Å². The highest BCUT2D eigenvalue weighted by Gasteiger charge is 2.22. The van der Waals surface area contributed by atoms with Gasteiger partial charge in [0.2, 0.25) is 0 Å². The minimum absolute atomic E-state index is 0.0682. The van der Waals surface area contributed by atoms with Gasteiger partial charge >= 0.3 is 5.97 Å². The lowest BCUT2D eigenvalue weighted by Crippen LogP contribution is -2.36. The quantitative estimate of drug-likeness (QED) is 0.444. The van der Waals surface area contributed by atoms with E-state index in [2.05, 4.69) is 5.32 Å². The maximum Gasteiger partial charge on any atom is 0.335 e. The smallest absolute Gasteiger partial charge is 0.335 e. The fraction of sp³-hybridized carbons (Fsp3) is 0.909. The lowest BCUT2D eigenvalue weighted by molar-refractivity contribution is -0.165. The first-order chi connectivity index (χ1) is 7.22. The van der Waals surface area contributed by atoms with E-state index in [9.17, 15) is 9.90 Å². The van der Waals surface area contributed by atoms with Gasteiger partial charge in [0.05, 0.1) is 0 Å². The van der Waals surface area contributed by atoms with E-state index < -0.39 is 17.7 Å². The van der Waals surface area contributed by atoms with Crippen LogP contribution in [0, 0.1) is 0 Å². The first-order valence-electron chi connectivity index (χ1n) is 5.59. The van der Waals surface area contributed by atoms with Crippen molar-refractivity contribution in [1.82, 2.24) is 5.32 Å². The molecule has 0 aromatic heterocycles. The molecular formula is C11H24N2O3. The molecule has 96 valence electrons. The molecule has 0 amide bonds. The molecule has 0 aliphatic carbocycles. The molecule has 0 bridgehead atoms. The van der Waals surface area contributed by atoms with Gasteiger partial charge in [0.1, 0.15) is 5.60 Å². The van der Waals surface area contributed by atoms with E-state index in [4.69, 9.17) is 10.5 Å². The highest BCUT2D eigenvalue weighted by atomic mass is 16.6. The van der Waals surface area contributed by atoms with Crippen molar-refractivity contribution in [3.8, 4) is 0 Å². The number of nitrogens with one attached hydrogen (secondary N) is 1. The average molecular weight is 232 g/mol. The molecule has 0 aliphatic heterocycles. The summed E-state index contributed by atoms with van der Waals surface area (Å²) in [6.45, 7) is 8.41. The number of aliphatic hydroxyl groups excluding tert-OH is 1. The minimum Gasteiger partial charge on any atom is -0.458 e. The molecule has 0 aromatic rings. The molecular weight excluding hydrogens is 208 g/mol. The summed E-state index contributed by atoms with van der Waals surface area (Å²) in [5.41, 5.74) is 4.98. The number of aliphatic hydroxyl groups is 1. The van der Waals surface area contributed by atoms with E-state index in [0.29, 0.717) is 19.5 Å². The summed E-state index contributed by atoms with van der Waals surface area (Å²) in [4.78, 5) is 11.4. The summed E-state index contributed by atoms with van der Waals surface area (Å²) in [6.07, 6.45) is -0.735. The molecule has 0 aromatic carbocycles. The Morgan fingerprint density at radius 2 is 2.06 bits per heavy atom. The lowest BCUT2D eigenvalue weighted by Gasteiger charge is -2.21. The molecule has 0 aliphatic rings. The normalized spacial score (nSPS) is 15.6. The molecule has 0 spiro atoms. The van der Waals surface area contributed by atoms with Gasteiger partial charge in [0, 0.05) is 12.6 Å². The summed E-state index contributed by atoms with van der Waals surface area (Å²) >= 11 is 0. The van der Waals surface area contributed by atoms with Crippen molar-refractivity contribution in [3.05, 3.63) is 0 Å². The highest BCUT2D eigenvalue weighted by molar-refractivity contribution is 5.74. The number of esters is 1. The van der Waals surface area contributed by atoms with Crippen molar-refractivity contribution in [2.75, 3.05) is 13.1 Å². The predicted molar refractivity (Wildman–Crippen MR) is 63.0 cm³/mol. The summed E-state index contributed by atoms with van der Waals surface area (Å²) in [5.74, 6) is -0.574. The van der Waals surface area contributed by atoms with Crippen molar-refractivity contribution < 1.29 is 14.6 Å². The highest BCUT2D eigenvalue weighted by Crippen LogP contribution is 2.09. The van der Waals surface area contributed by atoms with E-state index in [1.54, 1.807) is 20.8 Å². The monoisotopic (exact) mass is 232 g/mol. The minimum atomic E-state index is -1.07. The fourth-order valence-electron chi connectivity index (χ4n) is 1.06. The second-order valence-electron chi connectivity index (χ2n) is 5.02. The standard InChI is InChI=1S/C11H24N2O3/c1-8(12)7-13-6-5-9(14)10(15)16-11(2,3)4/h8-9,13-14H,5-7,12H2,1-4H3/t8-,9?/m0/s1. The van der Waals surface area contributed by atoms with Crippen molar-refractivity contribution in [2.45, 2.75) is 51.9 Å². The SMILES string of the molecule is C[C@H](N)CNCCC(O)C(=O)OC(C)(C)C. The molecule has 0 rings (SSSR count). The third kappa shape index (κ3) is 8.64. The molecule has 5 nitrogen and oxygen atoms in total. The lowest BCUT2D eigenvalue weighted by atomic mass is 10.2.